The number of rotatable bonds is 7. The fourth-order valence-corrected chi connectivity index (χ4v) is 2.64. The van der Waals surface area contributed by atoms with E-state index < -0.39 is 0 Å². The predicted molar refractivity (Wildman–Crippen MR) is 90.2 cm³/mol. The molecule has 4 nitrogen and oxygen atoms in total. The van der Waals surface area contributed by atoms with Crippen LogP contribution in [0, 0.1) is 19.8 Å². The van der Waals surface area contributed by atoms with Crippen LogP contribution in [0.25, 0.3) is 0 Å². The molecule has 1 unspecified atom stereocenters. The molecule has 5 heteroatoms. The SMILES string of the molecule is Cc1nn(Cc2ccccc2Cl)c(C)c1CNCC(C)CO. The zero-order chi connectivity index (χ0) is 16.1. The average Bonchev–Trinajstić information content (AvgIpc) is 2.76. The highest BCUT2D eigenvalue weighted by Gasteiger charge is 2.12. The number of hydrogen-bond acceptors (Lipinski definition) is 3. The first-order chi connectivity index (χ1) is 10.5. The van der Waals surface area contributed by atoms with E-state index in [1.54, 1.807) is 0 Å². The number of halogens is 1. The van der Waals surface area contributed by atoms with Gasteiger partial charge in [0.15, 0.2) is 0 Å². The van der Waals surface area contributed by atoms with Crippen molar-refractivity contribution in [1.82, 2.24) is 15.1 Å². The van der Waals surface area contributed by atoms with Crippen LogP contribution in [0.15, 0.2) is 24.3 Å². The molecule has 120 valence electrons. The van der Waals surface area contributed by atoms with E-state index in [-0.39, 0.29) is 12.5 Å². The highest BCUT2D eigenvalue weighted by atomic mass is 35.5. The molecule has 0 saturated carbocycles. The lowest BCUT2D eigenvalue weighted by atomic mass is 10.1. The summed E-state index contributed by atoms with van der Waals surface area (Å²) < 4.78 is 2.00. The largest absolute Gasteiger partial charge is 0.396 e. The van der Waals surface area contributed by atoms with Crippen LogP contribution < -0.4 is 5.32 Å². The smallest absolute Gasteiger partial charge is 0.0677 e. The third-order valence-corrected chi connectivity index (χ3v) is 4.28. The number of benzene rings is 1. The van der Waals surface area contributed by atoms with E-state index >= 15 is 0 Å². The molecule has 0 aliphatic rings. The Hall–Kier alpha value is -1.36. The van der Waals surface area contributed by atoms with Crippen molar-refractivity contribution >= 4 is 11.6 Å². The van der Waals surface area contributed by atoms with E-state index in [9.17, 15) is 0 Å². The summed E-state index contributed by atoms with van der Waals surface area (Å²) in [5, 5.41) is 17.9. The Kier molecular flexibility index (Phi) is 6.00. The van der Waals surface area contributed by atoms with Crippen molar-refractivity contribution in [2.75, 3.05) is 13.2 Å². The molecule has 1 atom stereocenters. The van der Waals surface area contributed by atoms with Gasteiger partial charge in [-0.3, -0.25) is 4.68 Å². The Labute approximate surface area is 137 Å². The van der Waals surface area contributed by atoms with Gasteiger partial charge in [0.1, 0.15) is 0 Å². The Bertz CT molecular complexity index is 624. The van der Waals surface area contributed by atoms with Crippen molar-refractivity contribution < 1.29 is 5.11 Å². The lowest BCUT2D eigenvalue weighted by molar-refractivity contribution is 0.233. The van der Waals surface area contributed by atoms with Crippen molar-refractivity contribution in [2.24, 2.45) is 5.92 Å². The summed E-state index contributed by atoms with van der Waals surface area (Å²) in [4.78, 5) is 0. The summed E-state index contributed by atoms with van der Waals surface area (Å²) in [6, 6.07) is 7.86. The van der Waals surface area contributed by atoms with Gasteiger partial charge < -0.3 is 10.4 Å². The highest BCUT2D eigenvalue weighted by Crippen LogP contribution is 2.19. The minimum absolute atomic E-state index is 0.205. The minimum Gasteiger partial charge on any atom is -0.396 e. The van der Waals surface area contributed by atoms with Crippen LogP contribution in [0.3, 0.4) is 0 Å². The Morgan fingerprint density at radius 3 is 2.73 bits per heavy atom. The van der Waals surface area contributed by atoms with Crippen LogP contribution in [0.2, 0.25) is 5.02 Å². The summed E-state index contributed by atoms with van der Waals surface area (Å²) in [6.45, 7) is 8.59. The van der Waals surface area contributed by atoms with Crippen LogP contribution in [0.1, 0.15) is 29.4 Å². The van der Waals surface area contributed by atoms with Crippen molar-refractivity contribution in [1.29, 1.82) is 0 Å². The molecule has 22 heavy (non-hydrogen) atoms. The summed E-state index contributed by atoms with van der Waals surface area (Å²) in [5.74, 6) is 0.263. The molecule has 0 fully saturated rings. The van der Waals surface area contributed by atoms with Crippen LogP contribution >= 0.6 is 11.6 Å². The van der Waals surface area contributed by atoms with Gasteiger partial charge in [0.25, 0.3) is 0 Å². The molecular weight excluding hydrogens is 298 g/mol. The Morgan fingerprint density at radius 1 is 1.32 bits per heavy atom. The van der Waals surface area contributed by atoms with E-state index in [2.05, 4.69) is 17.3 Å². The number of aryl methyl sites for hydroxylation is 1. The second kappa shape index (κ2) is 7.77. The molecule has 0 aliphatic heterocycles. The molecule has 2 rings (SSSR count). The molecular formula is C17H24ClN3O. The fourth-order valence-electron chi connectivity index (χ4n) is 2.44. The van der Waals surface area contributed by atoms with E-state index in [4.69, 9.17) is 16.7 Å². The van der Waals surface area contributed by atoms with Gasteiger partial charge in [0.2, 0.25) is 0 Å². The lowest BCUT2D eigenvalue weighted by Crippen LogP contribution is -2.23. The van der Waals surface area contributed by atoms with Crippen LogP contribution in [0.4, 0.5) is 0 Å². The molecule has 1 heterocycles. The van der Waals surface area contributed by atoms with Crippen molar-refractivity contribution in [2.45, 2.75) is 33.9 Å². The number of aliphatic hydroxyl groups excluding tert-OH is 1. The highest BCUT2D eigenvalue weighted by molar-refractivity contribution is 6.31. The van der Waals surface area contributed by atoms with Crippen molar-refractivity contribution in [3.8, 4) is 0 Å². The van der Waals surface area contributed by atoms with Gasteiger partial charge in [-0.15, -0.1) is 0 Å². The molecule has 0 bridgehead atoms. The summed E-state index contributed by atoms with van der Waals surface area (Å²) in [5.41, 5.74) is 4.48. The van der Waals surface area contributed by atoms with Gasteiger partial charge in [-0.1, -0.05) is 36.7 Å². The standard InChI is InChI=1S/C17H24ClN3O/c1-12(11-22)8-19-9-16-13(2)20-21(14(16)3)10-15-6-4-5-7-17(15)18/h4-7,12,19,22H,8-11H2,1-3H3. The third kappa shape index (κ3) is 4.09. The quantitative estimate of drug-likeness (QED) is 0.824. The van der Waals surface area contributed by atoms with Crippen molar-refractivity contribution in [3.05, 3.63) is 51.8 Å². The second-order valence-electron chi connectivity index (χ2n) is 5.82. The maximum atomic E-state index is 9.07. The fraction of sp³-hybridized carbons (Fsp3) is 0.471. The average molecular weight is 322 g/mol. The van der Waals surface area contributed by atoms with Crippen LogP contribution in [-0.2, 0) is 13.1 Å². The van der Waals surface area contributed by atoms with E-state index in [0.29, 0.717) is 6.54 Å². The van der Waals surface area contributed by atoms with Crippen LogP contribution in [0.5, 0.6) is 0 Å². The molecule has 0 aliphatic carbocycles. The van der Waals surface area contributed by atoms with Gasteiger partial charge in [-0.05, 0) is 31.4 Å². The zero-order valence-electron chi connectivity index (χ0n) is 13.4. The molecule has 2 N–H and O–H groups in total. The summed E-state index contributed by atoms with van der Waals surface area (Å²) >= 11 is 6.23. The number of nitrogens with zero attached hydrogens (tertiary/aromatic N) is 2. The molecule has 0 saturated heterocycles. The third-order valence-electron chi connectivity index (χ3n) is 3.92. The Morgan fingerprint density at radius 2 is 2.05 bits per heavy atom. The summed E-state index contributed by atoms with van der Waals surface area (Å²) in [6.07, 6.45) is 0. The van der Waals surface area contributed by atoms with Gasteiger partial charge in [-0.2, -0.15) is 5.10 Å². The first-order valence-electron chi connectivity index (χ1n) is 7.60. The number of hydrogen-bond donors (Lipinski definition) is 2. The predicted octanol–water partition coefficient (Wildman–Crippen LogP) is 2.92. The summed E-state index contributed by atoms with van der Waals surface area (Å²) in [7, 11) is 0. The topological polar surface area (TPSA) is 50.1 Å². The minimum atomic E-state index is 0.205. The van der Waals surface area contributed by atoms with Gasteiger partial charge in [0, 0.05) is 36.0 Å². The second-order valence-corrected chi connectivity index (χ2v) is 6.22. The normalized spacial score (nSPS) is 12.6. The van der Waals surface area contributed by atoms with E-state index in [0.717, 1.165) is 35.1 Å². The van der Waals surface area contributed by atoms with E-state index in [1.165, 1.54) is 5.56 Å². The molecule has 2 aromatic rings. The zero-order valence-corrected chi connectivity index (χ0v) is 14.2. The van der Waals surface area contributed by atoms with Gasteiger partial charge in [0.05, 0.1) is 12.2 Å². The number of aromatic nitrogens is 2. The molecule has 0 amide bonds. The first-order valence-corrected chi connectivity index (χ1v) is 7.98. The molecule has 1 aromatic heterocycles. The van der Waals surface area contributed by atoms with Gasteiger partial charge >= 0.3 is 0 Å². The molecule has 1 aromatic carbocycles. The number of nitrogens with one attached hydrogen (secondary N) is 1. The lowest BCUT2D eigenvalue weighted by Gasteiger charge is -2.10. The first kappa shape index (κ1) is 17.0. The monoisotopic (exact) mass is 321 g/mol. The molecule has 0 radical (unpaired) electrons. The van der Waals surface area contributed by atoms with Gasteiger partial charge in [-0.25, -0.2) is 0 Å². The molecule has 0 spiro atoms. The maximum Gasteiger partial charge on any atom is 0.0677 e. The van der Waals surface area contributed by atoms with E-state index in [1.807, 2.05) is 42.8 Å². The number of aliphatic hydroxyl groups is 1. The van der Waals surface area contributed by atoms with Crippen molar-refractivity contribution in [3.63, 3.8) is 0 Å². The Balaban J connectivity index is 2.08. The maximum absolute atomic E-state index is 9.07. The van der Waals surface area contributed by atoms with Crippen LogP contribution in [-0.4, -0.2) is 28.0 Å².